The fourth-order valence-corrected chi connectivity index (χ4v) is 3.66. The fourth-order valence-electron chi connectivity index (χ4n) is 3.66. The van der Waals surface area contributed by atoms with E-state index in [1.54, 1.807) is 7.11 Å². The lowest BCUT2D eigenvalue weighted by atomic mass is 9.96. The van der Waals surface area contributed by atoms with Gasteiger partial charge in [-0.3, -0.25) is 0 Å². The number of carboxylic acid groups (broad SMARTS) is 1. The van der Waals surface area contributed by atoms with E-state index in [0.717, 1.165) is 41.2 Å². The van der Waals surface area contributed by atoms with E-state index in [1.807, 2.05) is 42.6 Å². The molecule has 0 spiro atoms. The monoisotopic (exact) mass is 351 g/mol. The van der Waals surface area contributed by atoms with Gasteiger partial charge in [-0.25, -0.2) is 9.78 Å². The third kappa shape index (κ3) is 2.87. The zero-order valence-corrected chi connectivity index (χ0v) is 14.6. The maximum Gasteiger partial charge on any atom is 0.407 e. The molecule has 1 aromatic carbocycles. The molecule has 0 radical (unpaired) electrons. The Bertz CT molecular complexity index is 942. The van der Waals surface area contributed by atoms with Gasteiger partial charge in [-0.1, -0.05) is 18.2 Å². The summed E-state index contributed by atoms with van der Waals surface area (Å²) in [6.45, 7) is 1.10. The van der Waals surface area contributed by atoms with E-state index in [1.165, 1.54) is 4.90 Å². The average Bonchev–Trinajstić information content (AvgIpc) is 3.08. The van der Waals surface area contributed by atoms with E-state index in [4.69, 9.17) is 14.8 Å². The molecule has 134 valence electrons. The van der Waals surface area contributed by atoms with E-state index in [-0.39, 0.29) is 5.92 Å². The van der Waals surface area contributed by atoms with Gasteiger partial charge in [0.25, 0.3) is 0 Å². The third-order valence-electron chi connectivity index (χ3n) is 5.05. The number of benzene rings is 1. The van der Waals surface area contributed by atoms with Gasteiger partial charge in [0.05, 0.1) is 18.3 Å². The fraction of sp³-hybridized carbons (Fsp3) is 0.300. The van der Waals surface area contributed by atoms with Gasteiger partial charge in [-0.2, -0.15) is 0 Å². The summed E-state index contributed by atoms with van der Waals surface area (Å²) in [5, 5.41) is 9.16. The second-order valence-electron chi connectivity index (χ2n) is 6.55. The number of imidazole rings is 1. The molecule has 1 saturated heterocycles. The highest BCUT2D eigenvalue weighted by atomic mass is 16.5. The number of aromatic nitrogens is 2. The largest absolute Gasteiger partial charge is 0.497 e. The molecule has 4 rings (SSSR count). The Kier molecular flexibility index (Phi) is 4.24. The van der Waals surface area contributed by atoms with Crippen molar-refractivity contribution in [2.45, 2.75) is 18.8 Å². The molecule has 2 aromatic heterocycles. The molecular formula is C20H21N3O3. The van der Waals surface area contributed by atoms with E-state index in [2.05, 4.69) is 10.5 Å². The standard InChI is InChI=1S/C20H21N3O3/c1-26-16-6-4-5-15(13-16)18-17-7-2-3-10-23(17)19(21-18)14-8-11-22(12-9-14)20(24)25/h2-7,10,13-14H,8-9,11-12H2,1H3,(H,24,25). The summed E-state index contributed by atoms with van der Waals surface area (Å²) < 4.78 is 7.48. The smallest absolute Gasteiger partial charge is 0.407 e. The van der Waals surface area contributed by atoms with Crippen LogP contribution in [0.15, 0.2) is 48.7 Å². The van der Waals surface area contributed by atoms with Crippen LogP contribution in [0, 0.1) is 0 Å². The molecule has 3 heterocycles. The Morgan fingerprint density at radius 1 is 1.19 bits per heavy atom. The first-order chi connectivity index (χ1) is 12.7. The number of amides is 1. The van der Waals surface area contributed by atoms with Gasteiger partial charge in [0.15, 0.2) is 0 Å². The van der Waals surface area contributed by atoms with Crippen LogP contribution in [0.1, 0.15) is 24.6 Å². The second-order valence-corrected chi connectivity index (χ2v) is 6.55. The van der Waals surface area contributed by atoms with Crippen LogP contribution in [0.2, 0.25) is 0 Å². The summed E-state index contributed by atoms with van der Waals surface area (Å²) in [6.07, 6.45) is 2.77. The average molecular weight is 351 g/mol. The molecule has 0 bridgehead atoms. The first-order valence-electron chi connectivity index (χ1n) is 8.76. The first kappa shape index (κ1) is 16.4. The molecular weight excluding hydrogens is 330 g/mol. The Morgan fingerprint density at radius 2 is 2.00 bits per heavy atom. The van der Waals surface area contributed by atoms with Crippen LogP contribution in [0.5, 0.6) is 5.75 Å². The topological polar surface area (TPSA) is 67.1 Å². The number of pyridine rings is 1. The Hall–Kier alpha value is -3.02. The third-order valence-corrected chi connectivity index (χ3v) is 5.05. The minimum absolute atomic E-state index is 0.250. The number of ether oxygens (including phenoxy) is 1. The van der Waals surface area contributed by atoms with Crippen molar-refractivity contribution in [1.82, 2.24) is 14.3 Å². The lowest BCUT2D eigenvalue weighted by molar-refractivity contribution is 0.131. The molecule has 0 unspecified atom stereocenters. The number of fused-ring (bicyclic) bond motifs is 1. The number of hydrogen-bond donors (Lipinski definition) is 1. The molecule has 1 N–H and O–H groups in total. The van der Waals surface area contributed by atoms with Gasteiger partial charge in [0.1, 0.15) is 11.6 Å². The lowest BCUT2D eigenvalue weighted by Crippen LogP contribution is -2.37. The highest BCUT2D eigenvalue weighted by Gasteiger charge is 2.27. The summed E-state index contributed by atoms with van der Waals surface area (Å²) >= 11 is 0. The normalized spacial score (nSPS) is 15.3. The van der Waals surface area contributed by atoms with Gasteiger partial charge in [-0.05, 0) is 37.1 Å². The first-order valence-corrected chi connectivity index (χ1v) is 8.76. The van der Waals surface area contributed by atoms with Crippen molar-refractivity contribution in [3.63, 3.8) is 0 Å². The maximum atomic E-state index is 11.2. The number of carbonyl (C=O) groups is 1. The van der Waals surface area contributed by atoms with Crippen LogP contribution in [0.4, 0.5) is 4.79 Å². The van der Waals surface area contributed by atoms with Crippen LogP contribution in [0.25, 0.3) is 16.8 Å². The van der Waals surface area contributed by atoms with Crippen molar-refractivity contribution < 1.29 is 14.6 Å². The van der Waals surface area contributed by atoms with Crippen LogP contribution in [0.3, 0.4) is 0 Å². The number of piperidine rings is 1. The van der Waals surface area contributed by atoms with E-state index in [0.29, 0.717) is 13.1 Å². The lowest BCUT2D eigenvalue weighted by Gasteiger charge is -2.29. The van der Waals surface area contributed by atoms with E-state index >= 15 is 0 Å². The number of nitrogens with zero attached hydrogens (tertiary/aromatic N) is 3. The van der Waals surface area contributed by atoms with Crippen LogP contribution in [-0.4, -0.2) is 45.7 Å². The number of rotatable bonds is 3. The van der Waals surface area contributed by atoms with Crippen molar-refractivity contribution in [3.05, 3.63) is 54.5 Å². The molecule has 3 aromatic rings. The predicted octanol–water partition coefficient (Wildman–Crippen LogP) is 3.87. The molecule has 6 nitrogen and oxygen atoms in total. The van der Waals surface area contributed by atoms with Crippen LogP contribution >= 0.6 is 0 Å². The zero-order chi connectivity index (χ0) is 18.1. The molecule has 1 aliphatic heterocycles. The van der Waals surface area contributed by atoms with Gasteiger partial charge in [-0.15, -0.1) is 0 Å². The minimum atomic E-state index is -0.839. The summed E-state index contributed by atoms with van der Waals surface area (Å²) in [6, 6.07) is 14.0. The van der Waals surface area contributed by atoms with Crippen molar-refractivity contribution in [2.24, 2.45) is 0 Å². The Labute approximate surface area is 151 Å². The summed E-state index contributed by atoms with van der Waals surface area (Å²) in [5.74, 6) is 2.05. The predicted molar refractivity (Wildman–Crippen MR) is 98.8 cm³/mol. The number of hydrogen-bond acceptors (Lipinski definition) is 3. The molecule has 0 saturated carbocycles. The summed E-state index contributed by atoms with van der Waals surface area (Å²) in [5.41, 5.74) is 3.00. The molecule has 1 aliphatic rings. The Morgan fingerprint density at radius 3 is 2.73 bits per heavy atom. The van der Waals surface area contributed by atoms with Gasteiger partial charge >= 0.3 is 6.09 Å². The van der Waals surface area contributed by atoms with E-state index < -0.39 is 6.09 Å². The van der Waals surface area contributed by atoms with Crippen LogP contribution < -0.4 is 4.74 Å². The second kappa shape index (κ2) is 6.71. The molecule has 0 atom stereocenters. The quantitative estimate of drug-likeness (QED) is 0.778. The van der Waals surface area contributed by atoms with Crippen molar-refractivity contribution >= 4 is 11.6 Å². The Balaban J connectivity index is 1.74. The van der Waals surface area contributed by atoms with Crippen molar-refractivity contribution in [3.8, 4) is 17.0 Å². The molecule has 0 aliphatic carbocycles. The van der Waals surface area contributed by atoms with Crippen molar-refractivity contribution in [2.75, 3.05) is 20.2 Å². The molecule has 26 heavy (non-hydrogen) atoms. The van der Waals surface area contributed by atoms with Gasteiger partial charge < -0.3 is 19.1 Å². The summed E-state index contributed by atoms with van der Waals surface area (Å²) in [7, 11) is 1.66. The SMILES string of the molecule is COc1cccc(-c2nc(C3CCN(C(=O)O)CC3)n3ccccc23)c1. The van der Waals surface area contributed by atoms with Crippen molar-refractivity contribution in [1.29, 1.82) is 0 Å². The summed E-state index contributed by atoms with van der Waals surface area (Å²) in [4.78, 5) is 17.6. The highest BCUT2D eigenvalue weighted by Crippen LogP contribution is 2.33. The molecule has 1 amide bonds. The molecule has 1 fully saturated rings. The van der Waals surface area contributed by atoms with E-state index in [9.17, 15) is 4.79 Å². The molecule has 6 heteroatoms. The highest BCUT2D eigenvalue weighted by molar-refractivity contribution is 5.78. The number of likely N-dealkylation sites (tertiary alicyclic amines) is 1. The minimum Gasteiger partial charge on any atom is -0.497 e. The zero-order valence-electron chi connectivity index (χ0n) is 14.6. The maximum absolute atomic E-state index is 11.2. The van der Waals surface area contributed by atoms with Crippen LogP contribution in [-0.2, 0) is 0 Å². The van der Waals surface area contributed by atoms with Gasteiger partial charge in [0.2, 0.25) is 0 Å². The number of methoxy groups -OCH3 is 1. The van der Waals surface area contributed by atoms with Gasteiger partial charge in [0, 0.05) is 30.8 Å².